The van der Waals surface area contributed by atoms with Gasteiger partial charge in [-0.05, 0) is 6.42 Å². The van der Waals surface area contributed by atoms with Gasteiger partial charge in [0, 0.05) is 4.92 Å². The molecule has 0 aliphatic heterocycles. The molecule has 0 heterocycles. The highest BCUT2D eigenvalue weighted by atomic mass is 16.6. The summed E-state index contributed by atoms with van der Waals surface area (Å²) in [7, 11) is 0. The normalized spacial score (nSPS) is 11.5. The van der Waals surface area contributed by atoms with E-state index in [4.69, 9.17) is 5.21 Å². The lowest BCUT2D eigenvalue weighted by molar-refractivity contribution is -0.463. The molecule has 5 nitrogen and oxygen atoms in total. The SMILES string of the molecule is CCCC(C[N+](=O)[O-])=NO. The number of oxime groups is 1. The van der Waals surface area contributed by atoms with Crippen molar-refractivity contribution in [1.82, 2.24) is 0 Å². The summed E-state index contributed by atoms with van der Waals surface area (Å²) in [6, 6.07) is 0. The van der Waals surface area contributed by atoms with Gasteiger partial charge in [0.2, 0.25) is 6.54 Å². The average molecular weight is 146 g/mol. The first-order chi connectivity index (χ1) is 4.70. The minimum Gasteiger partial charge on any atom is -0.411 e. The van der Waals surface area contributed by atoms with Crippen LogP contribution in [-0.2, 0) is 0 Å². The Bertz CT molecular complexity index is 144. The topological polar surface area (TPSA) is 75.7 Å². The molecule has 0 spiro atoms. The third-order valence-electron chi connectivity index (χ3n) is 0.992. The average Bonchev–Trinajstić information content (AvgIpc) is 1.86. The molecular weight excluding hydrogens is 136 g/mol. The van der Waals surface area contributed by atoms with Crippen molar-refractivity contribution in [3.05, 3.63) is 10.1 Å². The quantitative estimate of drug-likeness (QED) is 0.277. The summed E-state index contributed by atoms with van der Waals surface area (Å²) in [5, 5.41) is 20.8. The lowest BCUT2D eigenvalue weighted by Crippen LogP contribution is -2.13. The Morgan fingerprint density at radius 2 is 2.40 bits per heavy atom. The van der Waals surface area contributed by atoms with Crippen LogP contribution in [0.2, 0.25) is 0 Å². The Balaban J connectivity index is 3.73. The van der Waals surface area contributed by atoms with Crippen molar-refractivity contribution in [2.75, 3.05) is 6.54 Å². The van der Waals surface area contributed by atoms with Crippen molar-refractivity contribution in [2.24, 2.45) is 5.16 Å². The van der Waals surface area contributed by atoms with E-state index in [9.17, 15) is 10.1 Å². The van der Waals surface area contributed by atoms with Gasteiger partial charge in [-0.15, -0.1) is 0 Å². The van der Waals surface area contributed by atoms with E-state index in [-0.39, 0.29) is 12.3 Å². The number of hydrogen-bond donors (Lipinski definition) is 1. The molecule has 0 aromatic rings. The zero-order valence-electron chi connectivity index (χ0n) is 5.78. The number of rotatable bonds is 4. The minimum absolute atomic E-state index is 0.229. The second-order valence-corrected chi connectivity index (χ2v) is 1.91. The smallest absolute Gasteiger partial charge is 0.244 e. The molecule has 0 aromatic heterocycles. The van der Waals surface area contributed by atoms with Gasteiger partial charge in [0.05, 0.1) is 0 Å². The van der Waals surface area contributed by atoms with E-state index in [0.29, 0.717) is 6.42 Å². The number of hydrogen-bond acceptors (Lipinski definition) is 4. The first-order valence-electron chi connectivity index (χ1n) is 3.02. The van der Waals surface area contributed by atoms with Gasteiger partial charge < -0.3 is 5.21 Å². The molecule has 0 aromatic carbocycles. The van der Waals surface area contributed by atoms with Crippen molar-refractivity contribution in [1.29, 1.82) is 0 Å². The molecule has 0 aliphatic rings. The fourth-order valence-corrected chi connectivity index (χ4v) is 0.598. The second-order valence-electron chi connectivity index (χ2n) is 1.91. The van der Waals surface area contributed by atoms with Crippen molar-refractivity contribution >= 4 is 5.71 Å². The highest BCUT2D eigenvalue weighted by Crippen LogP contribution is 1.91. The molecule has 5 heteroatoms. The Labute approximate surface area is 58.5 Å². The van der Waals surface area contributed by atoms with Crippen LogP contribution in [0.3, 0.4) is 0 Å². The van der Waals surface area contributed by atoms with Crippen LogP contribution in [0.1, 0.15) is 19.8 Å². The molecule has 58 valence electrons. The second kappa shape index (κ2) is 4.72. The molecular formula is C5H10N2O3. The lowest BCUT2D eigenvalue weighted by atomic mass is 10.2. The summed E-state index contributed by atoms with van der Waals surface area (Å²) in [5.41, 5.74) is 0.229. The van der Waals surface area contributed by atoms with E-state index < -0.39 is 4.92 Å². The first-order valence-corrected chi connectivity index (χ1v) is 3.02. The zero-order chi connectivity index (χ0) is 7.98. The molecule has 0 saturated heterocycles. The predicted octanol–water partition coefficient (Wildman–Crippen LogP) is 0.893. The Morgan fingerprint density at radius 1 is 1.80 bits per heavy atom. The van der Waals surface area contributed by atoms with E-state index in [1.807, 2.05) is 6.92 Å². The fraction of sp³-hybridized carbons (Fsp3) is 0.800. The van der Waals surface area contributed by atoms with Crippen molar-refractivity contribution in [2.45, 2.75) is 19.8 Å². The van der Waals surface area contributed by atoms with Crippen LogP contribution >= 0.6 is 0 Å². The van der Waals surface area contributed by atoms with E-state index in [1.165, 1.54) is 0 Å². The van der Waals surface area contributed by atoms with Gasteiger partial charge >= 0.3 is 0 Å². The van der Waals surface area contributed by atoms with Gasteiger partial charge in [-0.3, -0.25) is 10.1 Å². The maximum atomic E-state index is 9.86. The summed E-state index contributed by atoms with van der Waals surface area (Å²) in [5.74, 6) is 0. The van der Waals surface area contributed by atoms with Crippen LogP contribution in [0.15, 0.2) is 5.16 Å². The number of nitro groups is 1. The van der Waals surface area contributed by atoms with Gasteiger partial charge in [0.15, 0.2) is 0 Å². The Hall–Kier alpha value is -1.13. The summed E-state index contributed by atoms with van der Waals surface area (Å²) >= 11 is 0. The monoisotopic (exact) mass is 146 g/mol. The van der Waals surface area contributed by atoms with Crippen molar-refractivity contribution in [3.63, 3.8) is 0 Å². The number of nitrogens with zero attached hydrogens (tertiary/aromatic N) is 2. The molecule has 0 unspecified atom stereocenters. The third-order valence-corrected chi connectivity index (χ3v) is 0.992. The van der Waals surface area contributed by atoms with Gasteiger partial charge in [-0.1, -0.05) is 18.5 Å². The van der Waals surface area contributed by atoms with Crippen LogP contribution in [0.25, 0.3) is 0 Å². The molecule has 0 atom stereocenters. The van der Waals surface area contributed by atoms with Crippen LogP contribution < -0.4 is 0 Å². The molecule has 0 radical (unpaired) electrons. The minimum atomic E-state index is -0.509. The highest BCUT2D eigenvalue weighted by molar-refractivity contribution is 5.84. The molecule has 0 aliphatic carbocycles. The molecule has 0 fully saturated rings. The Kier molecular flexibility index (Phi) is 4.19. The molecule has 0 amide bonds. The maximum absolute atomic E-state index is 9.86. The highest BCUT2D eigenvalue weighted by Gasteiger charge is 2.05. The van der Waals surface area contributed by atoms with Gasteiger partial charge in [-0.25, -0.2) is 0 Å². The third kappa shape index (κ3) is 3.82. The van der Waals surface area contributed by atoms with E-state index >= 15 is 0 Å². The van der Waals surface area contributed by atoms with E-state index in [0.717, 1.165) is 6.42 Å². The van der Waals surface area contributed by atoms with Gasteiger partial charge in [0.1, 0.15) is 5.71 Å². The van der Waals surface area contributed by atoms with Crippen LogP contribution in [0.5, 0.6) is 0 Å². The van der Waals surface area contributed by atoms with Gasteiger partial charge in [0.25, 0.3) is 0 Å². The van der Waals surface area contributed by atoms with Gasteiger partial charge in [-0.2, -0.15) is 0 Å². The molecule has 1 N–H and O–H groups in total. The largest absolute Gasteiger partial charge is 0.411 e. The summed E-state index contributed by atoms with van der Waals surface area (Å²) in [6.07, 6.45) is 1.24. The van der Waals surface area contributed by atoms with Crippen molar-refractivity contribution in [3.8, 4) is 0 Å². The zero-order valence-corrected chi connectivity index (χ0v) is 5.78. The van der Waals surface area contributed by atoms with Crippen LogP contribution in [0, 0.1) is 10.1 Å². The van der Waals surface area contributed by atoms with Crippen molar-refractivity contribution < 1.29 is 10.1 Å². The summed E-state index contributed by atoms with van der Waals surface area (Å²) in [6.45, 7) is 1.51. The van der Waals surface area contributed by atoms with Crippen LogP contribution in [0.4, 0.5) is 0 Å². The van der Waals surface area contributed by atoms with Crippen LogP contribution in [-0.4, -0.2) is 22.4 Å². The molecule has 0 saturated carbocycles. The maximum Gasteiger partial charge on any atom is 0.244 e. The standard InChI is InChI=1S/C5H10N2O3/c1-2-3-5(6-8)4-7(9)10/h8H,2-4H2,1H3. The fourth-order valence-electron chi connectivity index (χ4n) is 0.598. The molecule has 0 rings (SSSR count). The summed E-state index contributed by atoms with van der Waals surface area (Å²) in [4.78, 5) is 9.35. The summed E-state index contributed by atoms with van der Waals surface area (Å²) < 4.78 is 0. The van der Waals surface area contributed by atoms with E-state index in [2.05, 4.69) is 5.16 Å². The Morgan fingerprint density at radius 3 is 2.70 bits per heavy atom. The molecule has 10 heavy (non-hydrogen) atoms. The lowest BCUT2D eigenvalue weighted by Gasteiger charge is -1.94. The predicted molar refractivity (Wildman–Crippen MR) is 36.0 cm³/mol. The van der Waals surface area contributed by atoms with E-state index in [1.54, 1.807) is 0 Å². The first kappa shape index (κ1) is 8.87. The molecule has 0 bridgehead atoms.